The van der Waals surface area contributed by atoms with E-state index < -0.39 is 15.5 Å². The van der Waals surface area contributed by atoms with Crippen molar-refractivity contribution in [3.05, 3.63) is 0 Å². The summed E-state index contributed by atoms with van der Waals surface area (Å²) in [5.41, 5.74) is 0.769. The van der Waals surface area contributed by atoms with Gasteiger partial charge in [-0.2, -0.15) is 11.2 Å². The summed E-state index contributed by atoms with van der Waals surface area (Å²) in [4.78, 5) is 0. The fourth-order valence-corrected chi connectivity index (χ4v) is 14.4. The van der Waals surface area contributed by atoms with Gasteiger partial charge in [0.1, 0.15) is 7.22 Å². The van der Waals surface area contributed by atoms with E-state index in [4.69, 9.17) is 4.43 Å². The van der Waals surface area contributed by atoms with Crippen LogP contribution in [0.15, 0.2) is 0 Å². The highest BCUT2D eigenvalue weighted by Crippen LogP contribution is 2.38. The van der Waals surface area contributed by atoms with Gasteiger partial charge in [0.05, 0.1) is 5.44 Å². The maximum absolute atomic E-state index is 6.51. The molecule has 0 aliphatic heterocycles. The first-order valence-electron chi connectivity index (χ1n) is 7.85. The van der Waals surface area contributed by atoms with Gasteiger partial charge in [0.25, 0.3) is 0 Å². The van der Waals surface area contributed by atoms with Crippen LogP contribution >= 0.6 is 11.2 Å². The number of hydrogen-bond donors (Lipinski definition) is 0. The molecule has 0 N–H and O–H groups in total. The quantitative estimate of drug-likeness (QED) is 0.381. The molecule has 0 aliphatic carbocycles. The molecule has 0 bridgehead atoms. The molecule has 0 amide bonds. The minimum Gasteiger partial charge on any atom is -0.406 e. The Kier molecular flexibility index (Phi) is 7.97. The van der Waals surface area contributed by atoms with Crippen molar-refractivity contribution in [1.29, 1.82) is 0 Å². The molecule has 0 aromatic heterocycles. The molecule has 0 rings (SSSR count). The van der Waals surface area contributed by atoms with Crippen molar-refractivity contribution in [1.82, 2.24) is 0 Å². The predicted molar refractivity (Wildman–Crippen MR) is 97.1 cm³/mol. The first-order valence-corrected chi connectivity index (χ1v) is 15.2. The fraction of sp³-hybridized carbons (Fsp3) is 1.00. The largest absolute Gasteiger partial charge is 0.406 e. The standard InChI is InChI=1S/C15H36OSSi2/c1-10-19(11-2,12-3)17-14(4)16-18(8,9)13-15(5,6)7/h14H,10-13H2,1-9H3. The molecule has 1 nitrogen and oxygen atoms in total. The molecule has 0 heterocycles. The maximum atomic E-state index is 6.51. The van der Waals surface area contributed by atoms with Crippen LogP contribution in [-0.4, -0.2) is 21.0 Å². The molecule has 0 spiro atoms. The Balaban J connectivity index is 4.56. The zero-order chi connectivity index (χ0) is 15.3. The summed E-state index contributed by atoms with van der Waals surface area (Å²) in [7, 11) is -2.66. The molecule has 0 aliphatic rings. The second kappa shape index (κ2) is 7.67. The lowest BCUT2D eigenvalue weighted by molar-refractivity contribution is 0.283. The van der Waals surface area contributed by atoms with E-state index in [9.17, 15) is 0 Å². The van der Waals surface area contributed by atoms with Crippen LogP contribution < -0.4 is 0 Å². The van der Waals surface area contributed by atoms with Crippen LogP contribution in [-0.2, 0) is 4.43 Å². The topological polar surface area (TPSA) is 9.23 Å². The smallest absolute Gasteiger partial charge is 0.188 e. The van der Waals surface area contributed by atoms with E-state index in [2.05, 4.69) is 72.8 Å². The zero-order valence-electron chi connectivity index (χ0n) is 14.7. The minimum absolute atomic E-state index is 0.384. The van der Waals surface area contributed by atoms with Crippen LogP contribution in [0.3, 0.4) is 0 Å². The number of hydrogen-bond acceptors (Lipinski definition) is 2. The second-order valence-corrected chi connectivity index (χ2v) is 20.3. The third-order valence-electron chi connectivity index (χ3n) is 3.79. The summed E-state index contributed by atoms with van der Waals surface area (Å²) in [5, 5.41) is 0. The van der Waals surface area contributed by atoms with Crippen LogP contribution in [0.4, 0.5) is 0 Å². The molecular weight excluding hydrogens is 284 g/mol. The Morgan fingerprint density at radius 1 is 1.00 bits per heavy atom. The van der Waals surface area contributed by atoms with E-state index in [1.54, 1.807) is 0 Å². The molecule has 0 saturated heterocycles. The third kappa shape index (κ3) is 7.93. The van der Waals surface area contributed by atoms with Gasteiger partial charge >= 0.3 is 0 Å². The highest BCUT2D eigenvalue weighted by molar-refractivity contribution is 8.29. The van der Waals surface area contributed by atoms with Crippen LogP contribution in [0.25, 0.3) is 0 Å². The lowest BCUT2D eigenvalue weighted by Gasteiger charge is -2.36. The van der Waals surface area contributed by atoms with Gasteiger partial charge in [0.15, 0.2) is 8.32 Å². The van der Waals surface area contributed by atoms with Gasteiger partial charge in [-0.1, -0.05) is 59.7 Å². The lowest BCUT2D eigenvalue weighted by atomic mass is 10.0. The fourth-order valence-electron chi connectivity index (χ4n) is 3.14. The van der Waals surface area contributed by atoms with Crippen molar-refractivity contribution in [2.45, 2.75) is 91.2 Å². The Morgan fingerprint density at radius 2 is 1.42 bits per heavy atom. The van der Waals surface area contributed by atoms with Gasteiger partial charge in [-0.3, -0.25) is 0 Å². The summed E-state index contributed by atoms with van der Waals surface area (Å²) in [6.45, 7) is 21.1. The van der Waals surface area contributed by atoms with Crippen molar-refractivity contribution in [3.63, 3.8) is 0 Å². The van der Waals surface area contributed by atoms with Crippen molar-refractivity contribution >= 4 is 26.8 Å². The molecule has 1 unspecified atom stereocenters. The Bertz CT molecular complexity index is 249. The molecular formula is C15H36OSSi2. The molecule has 1 atom stereocenters. The van der Waals surface area contributed by atoms with Crippen molar-refractivity contribution in [2.24, 2.45) is 5.41 Å². The second-order valence-electron chi connectivity index (χ2n) is 7.54. The van der Waals surface area contributed by atoms with Crippen LogP contribution in [0.2, 0.25) is 37.3 Å². The van der Waals surface area contributed by atoms with E-state index in [1.807, 2.05) is 0 Å². The van der Waals surface area contributed by atoms with E-state index in [0.29, 0.717) is 10.9 Å². The molecule has 0 fully saturated rings. The Labute approximate surface area is 128 Å². The summed E-state index contributed by atoms with van der Waals surface area (Å²) in [6, 6.07) is 5.36. The molecule has 0 saturated carbocycles. The van der Waals surface area contributed by atoms with Gasteiger partial charge in [-0.25, -0.2) is 0 Å². The monoisotopic (exact) mass is 320 g/mol. The van der Waals surface area contributed by atoms with Gasteiger partial charge in [-0.15, -0.1) is 0 Å². The highest BCUT2D eigenvalue weighted by Gasteiger charge is 2.35. The first kappa shape index (κ1) is 19.7. The Hall–Kier alpha value is 0.744. The summed E-state index contributed by atoms with van der Waals surface area (Å²) >= 11 is 2.20. The van der Waals surface area contributed by atoms with Crippen LogP contribution in [0.5, 0.6) is 0 Å². The van der Waals surface area contributed by atoms with E-state index >= 15 is 0 Å². The van der Waals surface area contributed by atoms with Gasteiger partial charge in [-0.05, 0) is 31.5 Å². The maximum Gasteiger partial charge on any atom is 0.188 e. The SMILES string of the molecule is CC[Si](CC)(CC)SC(C)O[Si](C)(C)CC(C)(C)C. The highest BCUT2D eigenvalue weighted by atomic mass is 32.4. The molecule has 19 heavy (non-hydrogen) atoms. The van der Waals surface area contributed by atoms with Gasteiger partial charge in [0, 0.05) is 0 Å². The molecule has 0 radical (unpaired) electrons. The normalized spacial score (nSPS) is 15.6. The summed E-state index contributed by atoms with van der Waals surface area (Å²) in [6.07, 6.45) is 0. The van der Waals surface area contributed by atoms with Crippen molar-refractivity contribution < 1.29 is 4.43 Å². The molecule has 0 aromatic carbocycles. The lowest BCUT2D eigenvalue weighted by Crippen LogP contribution is -2.39. The molecule has 0 aromatic rings. The van der Waals surface area contributed by atoms with Crippen LogP contribution in [0.1, 0.15) is 48.5 Å². The average Bonchev–Trinajstić information content (AvgIpc) is 2.21. The first-order chi connectivity index (χ1) is 8.49. The van der Waals surface area contributed by atoms with Crippen molar-refractivity contribution in [3.8, 4) is 0 Å². The van der Waals surface area contributed by atoms with E-state index in [-0.39, 0.29) is 0 Å². The Morgan fingerprint density at radius 3 is 1.74 bits per heavy atom. The molecule has 116 valence electrons. The average molecular weight is 321 g/mol. The zero-order valence-corrected chi connectivity index (χ0v) is 17.5. The third-order valence-corrected chi connectivity index (χ3v) is 16.8. The van der Waals surface area contributed by atoms with E-state index in [1.165, 1.54) is 24.2 Å². The van der Waals surface area contributed by atoms with Gasteiger partial charge < -0.3 is 4.43 Å². The van der Waals surface area contributed by atoms with Crippen molar-refractivity contribution in [2.75, 3.05) is 0 Å². The summed E-state index contributed by atoms with van der Waals surface area (Å²) in [5.74, 6) is 0. The van der Waals surface area contributed by atoms with E-state index in [0.717, 1.165) is 0 Å². The van der Waals surface area contributed by atoms with Gasteiger partial charge in [0.2, 0.25) is 0 Å². The number of rotatable bonds is 8. The minimum atomic E-state index is -1.54. The summed E-state index contributed by atoms with van der Waals surface area (Å²) < 4.78 is 6.51. The van der Waals surface area contributed by atoms with Crippen LogP contribution in [0, 0.1) is 5.41 Å². The predicted octanol–water partition coefficient (Wildman–Crippen LogP) is 6.34. The molecule has 4 heteroatoms.